The molecule has 0 saturated carbocycles. The zero-order valence-electron chi connectivity index (χ0n) is 15.3. The summed E-state index contributed by atoms with van der Waals surface area (Å²) < 4.78 is 93.7. The number of benzene rings is 2. The highest BCUT2D eigenvalue weighted by atomic mass is 35.5. The molecule has 12 heteroatoms. The molecule has 30 heavy (non-hydrogen) atoms. The van der Waals surface area contributed by atoms with Gasteiger partial charge in [0, 0.05) is 12.5 Å². The molecule has 0 aliphatic heterocycles. The molecule has 0 aliphatic carbocycles. The van der Waals surface area contributed by atoms with Crippen molar-refractivity contribution in [2.75, 3.05) is 6.54 Å². The highest BCUT2D eigenvalue weighted by molar-refractivity contribution is 7.89. The van der Waals surface area contributed by atoms with E-state index in [4.69, 9.17) is 11.6 Å². The molecule has 2 aromatic carbocycles. The van der Waals surface area contributed by atoms with Gasteiger partial charge in [-0.2, -0.15) is 22.0 Å². The second-order valence-corrected chi connectivity index (χ2v) is 8.64. The lowest BCUT2D eigenvalue weighted by Crippen LogP contribution is -2.29. The Kier molecular flexibility index (Phi) is 6.08. The first kappa shape index (κ1) is 22.4. The average Bonchev–Trinajstić information content (AvgIpc) is 3.05. The van der Waals surface area contributed by atoms with Crippen molar-refractivity contribution in [3.63, 3.8) is 0 Å². The smallest absolute Gasteiger partial charge is 0.270 e. The van der Waals surface area contributed by atoms with Crippen molar-refractivity contribution in [2.45, 2.75) is 30.5 Å². The second kappa shape index (κ2) is 8.12. The number of hydrogen-bond donors (Lipinski definition) is 1. The van der Waals surface area contributed by atoms with E-state index in [1.54, 1.807) is 12.1 Å². The predicted molar refractivity (Wildman–Crippen MR) is 101 cm³/mol. The van der Waals surface area contributed by atoms with E-state index in [1.807, 2.05) is 0 Å². The maximum absolute atomic E-state index is 13.6. The van der Waals surface area contributed by atoms with Crippen molar-refractivity contribution < 1.29 is 30.4 Å². The first-order valence-corrected chi connectivity index (χ1v) is 10.4. The van der Waals surface area contributed by atoms with Crippen LogP contribution in [-0.4, -0.2) is 24.5 Å². The number of halogens is 6. The van der Waals surface area contributed by atoms with E-state index < -0.39 is 44.1 Å². The van der Waals surface area contributed by atoms with E-state index in [-0.39, 0.29) is 17.9 Å². The zero-order chi connectivity index (χ0) is 22.3. The fourth-order valence-corrected chi connectivity index (χ4v) is 4.56. The Morgan fingerprint density at radius 3 is 2.47 bits per heavy atom. The first-order valence-electron chi connectivity index (χ1n) is 8.53. The van der Waals surface area contributed by atoms with Gasteiger partial charge in [0.1, 0.15) is 10.7 Å². The second-order valence-electron chi connectivity index (χ2n) is 6.50. The highest BCUT2D eigenvalue weighted by Crippen LogP contribution is 2.33. The van der Waals surface area contributed by atoms with Gasteiger partial charge in [0.05, 0.1) is 21.6 Å². The van der Waals surface area contributed by atoms with Gasteiger partial charge in [0.2, 0.25) is 10.0 Å². The number of para-hydroxylation sites is 2. The van der Waals surface area contributed by atoms with Crippen LogP contribution in [0.25, 0.3) is 11.0 Å². The fraction of sp³-hybridized carbons (Fsp3) is 0.278. The summed E-state index contributed by atoms with van der Waals surface area (Å²) in [4.78, 5) is 3.39. The molecule has 0 fully saturated rings. The van der Waals surface area contributed by atoms with Crippen molar-refractivity contribution in [2.24, 2.45) is 0 Å². The van der Waals surface area contributed by atoms with Gasteiger partial charge in [-0.05, 0) is 30.3 Å². The molecular formula is C18H15ClF5N3O2S. The molecule has 0 unspecified atom stereocenters. The lowest BCUT2D eigenvalue weighted by Gasteiger charge is -2.16. The minimum Gasteiger partial charge on any atom is -0.270 e. The predicted octanol–water partition coefficient (Wildman–Crippen LogP) is 5.19. The average molecular weight is 468 g/mol. The Morgan fingerprint density at radius 1 is 1.17 bits per heavy atom. The molecule has 0 aliphatic rings. The molecule has 0 spiro atoms. The Morgan fingerprint density at radius 2 is 1.83 bits per heavy atom. The Hall–Kier alpha value is -2.24. The van der Waals surface area contributed by atoms with Crippen LogP contribution in [0.5, 0.6) is 0 Å². The SMILES string of the molecule is C[C@@H](CNS(=O)(=O)c1cc(C(F)(F)F)ccc1Cl)c1nc2ccccc2n1C(F)F. The van der Waals surface area contributed by atoms with Crippen molar-refractivity contribution in [3.05, 3.63) is 58.9 Å². The number of rotatable bonds is 6. The third-order valence-electron chi connectivity index (χ3n) is 4.39. The zero-order valence-corrected chi connectivity index (χ0v) is 16.9. The largest absolute Gasteiger partial charge is 0.416 e. The Labute approximate surface area is 173 Å². The molecule has 0 radical (unpaired) electrons. The molecule has 0 saturated heterocycles. The van der Waals surface area contributed by atoms with Crippen molar-refractivity contribution >= 4 is 32.7 Å². The number of nitrogens with zero attached hydrogens (tertiary/aromatic N) is 2. The van der Waals surface area contributed by atoms with E-state index >= 15 is 0 Å². The number of imidazole rings is 1. The summed E-state index contributed by atoms with van der Waals surface area (Å²) in [6, 6.07) is 8.10. The maximum atomic E-state index is 13.6. The molecule has 162 valence electrons. The van der Waals surface area contributed by atoms with Gasteiger partial charge in [-0.15, -0.1) is 0 Å². The topological polar surface area (TPSA) is 64.0 Å². The number of fused-ring (bicyclic) bond motifs is 1. The minimum atomic E-state index is -4.76. The number of hydrogen-bond acceptors (Lipinski definition) is 3. The van der Waals surface area contributed by atoms with E-state index in [0.717, 1.165) is 6.07 Å². The van der Waals surface area contributed by atoms with E-state index in [9.17, 15) is 30.4 Å². The molecule has 1 aromatic heterocycles. The summed E-state index contributed by atoms with van der Waals surface area (Å²) in [5.74, 6) is -0.880. The molecule has 5 nitrogen and oxygen atoms in total. The molecule has 1 atom stereocenters. The molecule has 3 aromatic rings. The molecule has 1 N–H and O–H groups in total. The van der Waals surface area contributed by atoms with Crippen LogP contribution < -0.4 is 4.72 Å². The van der Waals surface area contributed by atoms with Gasteiger partial charge in [-0.1, -0.05) is 30.7 Å². The highest BCUT2D eigenvalue weighted by Gasteiger charge is 2.33. The number of alkyl halides is 5. The Bertz CT molecular complexity index is 1180. The van der Waals surface area contributed by atoms with E-state index in [2.05, 4.69) is 9.71 Å². The summed E-state index contributed by atoms with van der Waals surface area (Å²) in [6.07, 6.45) is -4.76. The van der Waals surface area contributed by atoms with Crippen molar-refractivity contribution in [3.8, 4) is 0 Å². The van der Waals surface area contributed by atoms with Crippen LogP contribution in [0, 0.1) is 0 Å². The molecule has 3 rings (SSSR count). The fourth-order valence-electron chi connectivity index (χ4n) is 2.91. The standard InChI is InChI=1S/C18H15ClF5N3O2S/c1-10(16-26-13-4-2-3-5-14(13)27(16)17(20)21)9-25-30(28,29)15-8-11(18(22,23)24)6-7-12(15)19/h2-8,10,17,25H,9H2,1H3/t10-/m0/s1. The molecular weight excluding hydrogens is 453 g/mol. The number of nitrogens with one attached hydrogen (secondary N) is 1. The lowest BCUT2D eigenvalue weighted by atomic mass is 10.2. The van der Waals surface area contributed by atoms with Gasteiger partial charge >= 0.3 is 12.7 Å². The number of sulfonamides is 1. The summed E-state index contributed by atoms with van der Waals surface area (Å²) in [7, 11) is -4.45. The first-order chi connectivity index (χ1) is 13.9. The third-order valence-corrected chi connectivity index (χ3v) is 6.29. The molecule has 0 bridgehead atoms. The maximum Gasteiger partial charge on any atom is 0.416 e. The van der Waals surface area contributed by atoms with Gasteiger partial charge in [0.25, 0.3) is 0 Å². The minimum absolute atomic E-state index is 0.0657. The van der Waals surface area contributed by atoms with Gasteiger partial charge < -0.3 is 0 Å². The quantitative estimate of drug-likeness (QED) is 0.508. The van der Waals surface area contributed by atoms with Crippen LogP contribution in [0.4, 0.5) is 22.0 Å². The normalized spacial score (nSPS) is 13.9. The summed E-state index contributed by atoms with van der Waals surface area (Å²) >= 11 is 5.78. The number of aromatic nitrogens is 2. The molecule has 0 amide bonds. The summed E-state index contributed by atoms with van der Waals surface area (Å²) in [5, 5.41) is -0.400. The summed E-state index contributed by atoms with van der Waals surface area (Å²) in [5.41, 5.74) is -0.693. The van der Waals surface area contributed by atoms with E-state index in [1.165, 1.54) is 19.1 Å². The van der Waals surface area contributed by atoms with Crippen LogP contribution in [0.2, 0.25) is 5.02 Å². The van der Waals surface area contributed by atoms with Crippen LogP contribution in [0.15, 0.2) is 47.4 Å². The monoisotopic (exact) mass is 467 g/mol. The van der Waals surface area contributed by atoms with Crippen LogP contribution in [0.1, 0.15) is 30.8 Å². The van der Waals surface area contributed by atoms with Crippen LogP contribution >= 0.6 is 11.6 Å². The van der Waals surface area contributed by atoms with Gasteiger partial charge in [0.15, 0.2) is 0 Å². The summed E-state index contributed by atoms with van der Waals surface area (Å²) in [6.45, 7) is -1.83. The van der Waals surface area contributed by atoms with Crippen LogP contribution in [-0.2, 0) is 16.2 Å². The van der Waals surface area contributed by atoms with Gasteiger partial charge in [-0.3, -0.25) is 4.57 Å². The third kappa shape index (κ3) is 4.42. The van der Waals surface area contributed by atoms with Crippen molar-refractivity contribution in [1.82, 2.24) is 14.3 Å². The van der Waals surface area contributed by atoms with Gasteiger partial charge in [-0.25, -0.2) is 18.1 Å². The molecule has 1 heterocycles. The van der Waals surface area contributed by atoms with Crippen LogP contribution in [0.3, 0.4) is 0 Å². The van der Waals surface area contributed by atoms with Crippen molar-refractivity contribution in [1.29, 1.82) is 0 Å². The lowest BCUT2D eigenvalue weighted by molar-refractivity contribution is -0.137. The van der Waals surface area contributed by atoms with E-state index in [0.29, 0.717) is 22.2 Å². The Balaban J connectivity index is 1.89.